The first kappa shape index (κ1) is 20.4. The molecule has 0 saturated heterocycles. The lowest BCUT2D eigenvalue weighted by Crippen LogP contribution is -2.28. The van der Waals surface area contributed by atoms with Crippen LogP contribution in [-0.4, -0.2) is 41.7 Å². The van der Waals surface area contributed by atoms with E-state index in [0.29, 0.717) is 23.9 Å². The number of carbonyl (C=O) groups is 1. The van der Waals surface area contributed by atoms with E-state index in [9.17, 15) is 4.79 Å². The Balaban J connectivity index is 2.25. The molecular weight excluding hydrogens is 372 g/mol. The Bertz CT molecular complexity index is 946. The number of nitrogens with zero attached hydrogens (tertiary/aromatic N) is 2. The predicted molar refractivity (Wildman–Crippen MR) is 116 cm³/mol. The number of fused-ring (bicyclic) bond motifs is 1. The maximum atomic E-state index is 12.9. The molecule has 0 saturated carbocycles. The normalized spacial score (nSPS) is 11.3. The predicted octanol–water partition coefficient (Wildman–Crippen LogP) is 5.48. The topological polar surface area (TPSA) is 34.5 Å². The first-order chi connectivity index (χ1) is 13.6. The number of likely N-dealkylation sites (N-methyl/N-ethyl adjacent to an activating group) is 1. The fourth-order valence-electron chi connectivity index (χ4n) is 3.65. The van der Waals surface area contributed by atoms with Crippen LogP contribution in [0.4, 0.5) is 0 Å². The second kappa shape index (κ2) is 9.26. The van der Waals surface area contributed by atoms with Crippen LogP contribution in [0.2, 0.25) is 5.02 Å². The van der Waals surface area contributed by atoms with Gasteiger partial charge in [0.1, 0.15) is 5.69 Å². The summed E-state index contributed by atoms with van der Waals surface area (Å²) in [4.78, 5) is 15.3. The summed E-state index contributed by atoms with van der Waals surface area (Å²) in [6.45, 7) is 9.98. The second-order valence-electron chi connectivity index (χ2n) is 6.65. The van der Waals surface area contributed by atoms with Crippen molar-refractivity contribution in [2.75, 3.05) is 26.2 Å². The summed E-state index contributed by atoms with van der Waals surface area (Å²) < 4.78 is 7.51. The molecule has 0 spiro atoms. The van der Waals surface area contributed by atoms with E-state index in [1.54, 1.807) is 0 Å². The number of hydrogen-bond donors (Lipinski definition) is 0. The molecule has 0 radical (unpaired) electrons. The number of hydrogen-bond acceptors (Lipinski definition) is 3. The standard InChI is InChI=1S/C23H27ClN2O2/c1-4-25(5-2)14-15-26-21(17-10-8-7-9-11-17)20-16-18(24)12-13-19(20)22(26)23(27)28-6-3/h7-13,16H,4-6,14-15H2,1-3H3. The molecule has 28 heavy (non-hydrogen) atoms. The van der Waals surface area contributed by atoms with Gasteiger partial charge in [-0.15, -0.1) is 0 Å². The first-order valence-electron chi connectivity index (χ1n) is 9.87. The van der Waals surface area contributed by atoms with Gasteiger partial charge in [-0.05, 0) is 37.7 Å². The summed E-state index contributed by atoms with van der Waals surface area (Å²) in [5, 5.41) is 2.50. The molecule has 0 aliphatic rings. The monoisotopic (exact) mass is 398 g/mol. The van der Waals surface area contributed by atoms with E-state index in [2.05, 4.69) is 35.4 Å². The molecule has 0 bridgehead atoms. The minimum Gasteiger partial charge on any atom is -0.461 e. The van der Waals surface area contributed by atoms with E-state index in [1.165, 1.54) is 0 Å². The van der Waals surface area contributed by atoms with Crippen molar-refractivity contribution in [1.29, 1.82) is 0 Å². The van der Waals surface area contributed by atoms with Crippen molar-refractivity contribution < 1.29 is 9.53 Å². The van der Waals surface area contributed by atoms with Gasteiger partial charge in [0.2, 0.25) is 0 Å². The van der Waals surface area contributed by atoms with Crippen molar-refractivity contribution in [1.82, 2.24) is 9.47 Å². The third kappa shape index (κ3) is 4.08. The Kier molecular flexibility index (Phi) is 6.76. The van der Waals surface area contributed by atoms with Crippen LogP contribution in [0.5, 0.6) is 0 Å². The Morgan fingerprint density at radius 1 is 1.04 bits per heavy atom. The lowest BCUT2D eigenvalue weighted by Gasteiger charge is -2.20. The van der Waals surface area contributed by atoms with Gasteiger partial charge in [0.05, 0.1) is 12.3 Å². The number of esters is 1. The van der Waals surface area contributed by atoms with Crippen LogP contribution in [-0.2, 0) is 11.3 Å². The number of carbonyl (C=O) groups excluding carboxylic acids is 1. The fraction of sp³-hybridized carbons (Fsp3) is 0.348. The highest BCUT2D eigenvalue weighted by Crippen LogP contribution is 2.36. The zero-order valence-corrected chi connectivity index (χ0v) is 17.5. The molecule has 0 atom stereocenters. The van der Waals surface area contributed by atoms with Gasteiger partial charge in [-0.3, -0.25) is 0 Å². The molecule has 1 heterocycles. The third-order valence-corrected chi connectivity index (χ3v) is 5.32. The molecule has 5 heteroatoms. The Morgan fingerprint density at radius 3 is 2.39 bits per heavy atom. The van der Waals surface area contributed by atoms with Gasteiger partial charge >= 0.3 is 5.97 Å². The van der Waals surface area contributed by atoms with Crippen molar-refractivity contribution in [3.8, 4) is 11.3 Å². The summed E-state index contributed by atoms with van der Waals surface area (Å²) in [7, 11) is 0. The maximum Gasteiger partial charge on any atom is 0.355 e. The summed E-state index contributed by atoms with van der Waals surface area (Å²) >= 11 is 6.32. The Morgan fingerprint density at radius 2 is 1.75 bits per heavy atom. The fourth-order valence-corrected chi connectivity index (χ4v) is 3.83. The number of rotatable bonds is 8. The van der Waals surface area contributed by atoms with E-state index >= 15 is 0 Å². The summed E-state index contributed by atoms with van der Waals surface area (Å²) in [6.07, 6.45) is 0. The smallest absolute Gasteiger partial charge is 0.355 e. The lowest BCUT2D eigenvalue weighted by molar-refractivity contribution is 0.0515. The van der Waals surface area contributed by atoms with Gasteiger partial charge in [0, 0.05) is 28.9 Å². The van der Waals surface area contributed by atoms with Crippen LogP contribution in [0.25, 0.3) is 22.0 Å². The zero-order valence-electron chi connectivity index (χ0n) is 16.7. The minimum atomic E-state index is -0.295. The molecule has 0 amide bonds. The molecule has 0 fully saturated rings. The molecular formula is C23H27ClN2O2. The van der Waals surface area contributed by atoms with E-state index in [0.717, 1.165) is 41.7 Å². The van der Waals surface area contributed by atoms with Gasteiger partial charge in [0.25, 0.3) is 0 Å². The summed E-state index contributed by atoms with van der Waals surface area (Å²) in [6, 6.07) is 15.8. The largest absolute Gasteiger partial charge is 0.461 e. The highest BCUT2D eigenvalue weighted by atomic mass is 35.5. The van der Waals surface area contributed by atoms with E-state index in [4.69, 9.17) is 16.3 Å². The quantitative estimate of drug-likeness (QED) is 0.471. The zero-order chi connectivity index (χ0) is 20.1. The lowest BCUT2D eigenvalue weighted by atomic mass is 10.1. The van der Waals surface area contributed by atoms with Gasteiger partial charge in [-0.1, -0.05) is 61.8 Å². The average molecular weight is 399 g/mol. The molecule has 3 aromatic rings. The van der Waals surface area contributed by atoms with Crippen molar-refractivity contribution >= 4 is 28.3 Å². The highest BCUT2D eigenvalue weighted by molar-refractivity contribution is 6.31. The minimum absolute atomic E-state index is 0.295. The van der Waals surface area contributed by atoms with Gasteiger partial charge in [-0.2, -0.15) is 0 Å². The summed E-state index contributed by atoms with van der Waals surface area (Å²) in [5.41, 5.74) is 2.66. The van der Waals surface area contributed by atoms with Crippen LogP contribution in [0.1, 0.15) is 31.3 Å². The van der Waals surface area contributed by atoms with E-state index < -0.39 is 0 Å². The molecule has 4 nitrogen and oxygen atoms in total. The van der Waals surface area contributed by atoms with Crippen LogP contribution in [0, 0.1) is 0 Å². The van der Waals surface area contributed by atoms with Crippen LogP contribution in [0.15, 0.2) is 48.5 Å². The molecule has 0 aliphatic carbocycles. The first-order valence-corrected chi connectivity index (χ1v) is 10.2. The van der Waals surface area contributed by atoms with Crippen LogP contribution < -0.4 is 0 Å². The van der Waals surface area contributed by atoms with Crippen molar-refractivity contribution in [3.05, 3.63) is 59.2 Å². The van der Waals surface area contributed by atoms with E-state index in [1.807, 2.05) is 43.3 Å². The van der Waals surface area contributed by atoms with E-state index in [-0.39, 0.29) is 5.97 Å². The van der Waals surface area contributed by atoms with Crippen LogP contribution >= 0.6 is 11.6 Å². The summed E-state index contributed by atoms with van der Waals surface area (Å²) in [5.74, 6) is -0.295. The number of benzene rings is 2. The average Bonchev–Trinajstić information content (AvgIpc) is 3.02. The maximum absolute atomic E-state index is 12.9. The Labute approximate surface area is 171 Å². The number of ether oxygens (including phenoxy) is 1. The second-order valence-corrected chi connectivity index (χ2v) is 7.09. The van der Waals surface area contributed by atoms with Gasteiger partial charge < -0.3 is 14.2 Å². The molecule has 0 aliphatic heterocycles. The third-order valence-electron chi connectivity index (χ3n) is 5.08. The van der Waals surface area contributed by atoms with Gasteiger partial charge in [0.15, 0.2) is 0 Å². The van der Waals surface area contributed by atoms with Crippen molar-refractivity contribution in [3.63, 3.8) is 0 Å². The Hall–Kier alpha value is -2.30. The highest BCUT2D eigenvalue weighted by Gasteiger charge is 2.24. The molecule has 0 N–H and O–H groups in total. The van der Waals surface area contributed by atoms with Gasteiger partial charge in [-0.25, -0.2) is 4.79 Å². The molecule has 1 aromatic heterocycles. The SMILES string of the molecule is CCOC(=O)c1c2ccc(Cl)cc2c(-c2ccccc2)n1CCN(CC)CC. The molecule has 2 aromatic carbocycles. The van der Waals surface area contributed by atoms with Crippen molar-refractivity contribution in [2.24, 2.45) is 0 Å². The molecule has 0 unspecified atom stereocenters. The molecule has 3 rings (SSSR count). The number of aromatic nitrogens is 1. The molecule has 148 valence electrons. The van der Waals surface area contributed by atoms with Crippen molar-refractivity contribution in [2.45, 2.75) is 27.3 Å². The number of halogens is 1. The van der Waals surface area contributed by atoms with Crippen LogP contribution in [0.3, 0.4) is 0 Å².